The van der Waals surface area contributed by atoms with E-state index in [-0.39, 0.29) is 0 Å². The summed E-state index contributed by atoms with van der Waals surface area (Å²) in [6.07, 6.45) is 1.79. The smallest absolute Gasteiger partial charge is 0.0678 e. The first-order chi connectivity index (χ1) is 10.0. The van der Waals surface area contributed by atoms with Crippen LogP contribution in [0.5, 0.6) is 0 Å². The Morgan fingerprint density at radius 2 is 1.67 bits per heavy atom. The summed E-state index contributed by atoms with van der Waals surface area (Å²) in [7, 11) is 0. The van der Waals surface area contributed by atoms with Gasteiger partial charge in [-0.1, -0.05) is 38.1 Å². The number of nitrogens with zero attached hydrogens (tertiary/aromatic N) is 1. The minimum atomic E-state index is 0.343. The molecule has 0 unspecified atom stereocenters. The van der Waals surface area contributed by atoms with Crippen LogP contribution in [0.4, 0.5) is 0 Å². The van der Waals surface area contributed by atoms with Crippen molar-refractivity contribution in [2.45, 2.75) is 58.9 Å². The SMILES string of the molecule is CC(C)NCCc1ccc(CN2C[C@@H](C)O[C@@H](C)C2)cc1. The molecule has 1 aromatic carbocycles. The molecule has 1 N–H and O–H groups in total. The summed E-state index contributed by atoms with van der Waals surface area (Å²) >= 11 is 0. The van der Waals surface area contributed by atoms with E-state index in [1.54, 1.807) is 0 Å². The van der Waals surface area contributed by atoms with Gasteiger partial charge in [0.05, 0.1) is 12.2 Å². The molecule has 2 rings (SSSR count). The predicted octanol–water partition coefficient (Wildman–Crippen LogP) is 2.84. The lowest BCUT2D eigenvalue weighted by atomic mass is 10.1. The minimum Gasteiger partial charge on any atom is -0.373 e. The summed E-state index contributed by atoms with van der Waals surface area (Å²) in [6, 6.07) is 9.65. The third-order valence-corrected chi connectivity index (χ3v) is 3.89. The Morgan fingerprint density at radius 3 is 2.24 bits per heavy atom. The maximum absolute atomic E-state index is 5.79. The molecule has 0 bridgehead atoms. The van der Waals surface area contributed by atoms with Crippen molar-refractivity contribution in [3.05, 3.63) is 35.4 Å². The zero-order chi connectivity index (χ0) is 15.2. The number of hydrogen-bond donors (Lipinski definition) is 1. The summed E-state index contributed by atoms with van der Waals surface area (Å²) in [4.78, 5) is 2.49. The van der Waals surface area contributed by atoms with Crippen LogP contribution in [0.2, 0.25) is 0 Å². The van der Waals surface area contributed by atoms with Crippen LogP contribution in [0, 0.1) is 0 Å². The maximum Gasteiger partial charge on any atom is 0.0678 e. The second-order valence-corrected chi connectivity index (χ2v) is 6.63. The highest BCUT2D eigenvalue weighted by Crippen LogP contribution is 2.14. The summed E-state index contributed by atoms with van der Waals surface area (Å²) in [5, 5.41) is 3.46. The predicted molar refractivity (Wildman–Crippen MR) is 88.6 cm³/mol. The van der Waals surface area contributed by atoms with Crippen LogP contribution in [0.25, 0.3) is 0 Å². The van der Waals surface area contributed by atoms with Crippen LogP contribution in [-0.4, -0.2) is 42.8 Å². The largest absolute Gasteiger partial charge is 0.373 e. The monoisotopic (exact) mass is 290 g/mol. The molecule has 1 aliphatic rings. The first-order valence-corrected chi connectivity index (χ1v) is 8.22. The molecular weight excluding hydrogens is 260 g/mol. The van der Waals surface area contributed by atoms with Gasteiger partial charge < -0.3 is 10.1 Å². The van der Waals surface area contributed by atoms with E-state index in [0.29, 0.717) is 18.2 Å². The van der Waals surface area contributed by atoms with Crippen LogP contribution >= 0.6 is 0 Å². The molecule has 0 aliphatic carbocycles. The molecule has 0 radical (unpaired) electrons. The standard InChI is InChI=1S/C18H30N2O/c1-14(2)19-10-9-17-5-7-18(8-6-17)13-20-11-15(3)21-16(4)12-20/h5-8,14-16,19H,9-13H2,1-4H3/t15-,16+. The average Bonchev–Trinajstić information content (AvgIpc) is 2.39. The third-order valence-electron chi connectivity index (χ3n) is 3.89. The van der Waals surface area contributed by atoms with E-state index in [4.69, 9.17) is 4.74 Å². The van der Waals surface area contributed by atoms with Crippen molar-refractivity contribution in [1.29, 1.82) is 0 Å². The summed E-state index contributed by atoms with van der Waals surface area (Å²) in [5.41, 5.74) is 2.81. The van der Waals surface area contributed by atoms with E-state index in [1.165, 1.54) is 11.1 Å². The Kier molecular flexibility index (Phi) is 6.22. The van der Waals surface area contributed by atoms with Gasteiger partial charge in [-0.3, -0.25) is 4.90 Å². The molecule has 2 atom stereocenters. The quantitative estimate of drug-likeness (QED) is 0.872. The Bertz CT molecular complexity index is 406. The Morgan fingerprint density at radius 1 is 1.10 bits per heavy atom. The fourth-order valence-corrected chi connectivity index (χ4v) is 2.99. The molecule has 1 aromatic rings. The molecule has 0 saturated carbocycles. The second kappa shape index (κ2) is 7.92. The fourth-order valence-electron chi connectivity index (χ4n) is 2.99. The molecule has 0 aromatic heterocycles. The molecule has 118 valence electrons. The topological polar surface area (TPSA) is 24.5 Å². The van der Waals surface area contributed by atoms with Gasteiger partial charge >= 0.3 is 0 Å². The molecule has 1 heterocycles. The highest BCUT2D eigenvalue weighted by molar-refractivity contribution is 5.22. The van der Waals surface area contributed by atoms with Gasteiger partial charge in [0.15, 0.2) is 0 Å². The van der Waals surface area contributed by atoms with Gasteiger partial charge in [0.25, 0.3) is 0 Å². The van der Waals surface area contributed by atoms with Crippen molar-refractivity contribution >= 4 is 0 Å². The molecular formula is C18H30N2O. The highest BCUT2D eigenvalue weighted by Gasteiger charge is 2.21. The Labute approximate surface area is 129 Å². The van der Waals surface area contributed by atoms with Crippen LogP contribution in [0.3, 0.4) is 0 Å². The van der Waals surface area contributed by atoms with E-state index in [2.05, 4.69) is 62.2 Å². The number of benzene rings is 1. The van der Waals surface area contributed by atoms with Gasteiger partial charge in [-0.15, -0.1) is 0 Å². The van der Waals surface area contributed by atoms with Crippen molar-refractivity contribution in [2.75, 3.05) is 19.6 Å². The van der Waals surface area contributed by atoms with Crippen LogP contribution in [0.15, 0.2) is 24.3 Å². The number of nitrogens with one attached hydrogen (secondary N) is 1. The van der Waals surface area contributed by atoms with Gasteiger partial charge in [-0.25, -0.2) is 0 Å². The second-order valence-electron chi connectivity index (χ2n) is 6.63. The van der Waals surface area contributed by atoms with Gasteiger partial charge in [-0.05, 0) is 37.9 Å². The molecule has 1 fully saturated rings. The Balaban J connectivity index is 1.81. The molecule has 21 heavy (non-hydrogen) atoms. The molecule has 1 aliphatic heterocycles. The number of ether oxygens (including phenoxy) is 1. The zero-order valence-corrected chi connectivity index (χ0v) is 13.9. The van der Waals surface area contributed by atoms with Crippen LogP contribution in [0.1, 0.15) is 38.8 Å². The first-order valence-electron chi connectivity index (χ1n) is 8.22. The lowest BCUT2D eigenvalue weighted by molar-refractivity contribution is -0.0704. The normalized spacial score (nSPS) is 23.7. The molecule has 3 nitrogen and oxygen atoms in total. The summed E-state index contributed by atoms with van der Waals surface area (Å²) in [5.74, 6) is 0. The van der Waals surface area contributed by atoms with Crippen molar-refractivity contribution < 1.29 is 4.74 Å². The molecule has 0 spiro atoms. The van der Waals surface area contributed by atoms with Crippen molar-refractivity contribution in [3.63, 3.8) is 0 Å². The Hall–Kier alpha value is -0.900. The van der Waals surface area contributed by atoms with Crippen molar-refractivity contribution in [2.24, 2.45) is 0 Å². The van der Waals surface area contributed by atoms with Gasteiger partial charge in [0, 0.05) is 25.7 Å². The summed E-state index contributed by atoms with van der Waals surface area (Å²) in [6.45, 7) is 12.8. The zero-order valence-electron chi connectivity index (χ0n) is 13.9. The lowest BCUT2D eigenvalue weighted by Crippen LogP contribution is -2.44. The number of morpholine rings is 1. The molecule has 3 heteroatoms. The lowest BCUT2D eigenvalue weighted by Gasteiger charge is -2.35. The third kappa shape index (κ3) is 5.77. The van der Waals surface area contributed by atoms with E-state index < -0.39 is 0 Å². The number of hydrogen-bond acceptors (Lipinski definition) is 3. The summed E-state index contributed by atoms with van der Waals surface area (Å²) < 4.78 is 5.79. The first kappa shape index (κ1) is 16.5. The maximum atomic E-state index is 5.79. The van der Waals surface area contributed by atoms with E-state index in [9.17, 15) is 0 Å². The van der Waals surface area contributed by atoms with Gasteiger partial charge in [0.1, 0.15) is 0 Å². The van der Waals surface area contributed by atoms with Crippen molar-refractivity contribution in [3.8, 4) is 0 Å². The van der Waals surface area contributed by atoms with Crippen molar-refractivity contribution in [1.82, 2.24) is 10.2 Å². The molecule has 0 amide bonds. The number of rotatable bonds is 6. The fraction of sp³-hybridized carbons (Fsp3) is 0.667. The van der Waals surface area contributed by atoms with Crippen LogP contribution in [-0.2, 0) is 17.7 Å². The van der Waals surface area contributed by atoms with E-state index in [1.807, 2.05) is 0 Å². The molecule has 1 saturated heterocycles. The van der Waals surface area contributed by atoms with Crippen LogP contribution < -0.4 is 5.32 Å². The van der Waals surface area contributed by atoms with Gasteiger partial charge in [0.2, 0.25) is 0 Å². The average molecular weight is 290 g/mol. The minimum absolute atomic E-state index is 0.343. The highest BCUT2D eigenvalue weighted by atomic mass is 16.5. The van der Waals surface area contributed by atoms with E-state index >= 15 is 0 Å². The van der Waals surface area contributed by atoms with Gasteiger partial charge in [-0.2, -0.15) is 0 Å². The van der Waals surface area contributed by atoms with E-state index in [0.717, 1.165) is 32.6 Å².